The maximum absolute atomic E-state index is 12.4. The Morgan fingerprint density at radius 3 is 2.36 bits per heavy atom. The number of benzene rings is 2. The minimum Gasteiger partial charge on any atom is -0.489 e. The number of aryl methyl sites for hydroxylation is 1. The Kier molecular flexibility index (Phi) is 8.71. The fraction of sp³-hybridized carbons (Fsp3) is 0.429. The first-order valence-corrected chi connectivity index (χ1v) is 12.7. The summed E-state index contributed by atoms with van der Waals surface area (Å²) in [6, 6.07) is 17.7. The molecule has 2 amide bonds. The summed E-state index contributed by atoms with van der Waals surface area (Å²) in [6.45, 7) is 2.45. The molecule has 0 bridgehead atoms. The Morgan fingerprint density at radius 2 is 1.67 bits per heavy atom. The zero-order valence-electron chi connectivity index (χ0n) is 20.8. The number of aromatic nitrogens is 2. The molecule has 1 fully saturated rings. The van der Waals surface area contributed by atoms with Crippen molar-refractivity contribution in [1.29, 1.82) is 0 Å². The third-order valence-electron chi connectivity index (χ3n) is 6.50. The summed E-state index contributed by atoms with van der Waals surface area (Å²) >= 11 is 0. The number of para-hydroxylation sites is 1. The Bertz CT molecular complexity index is 1120. The second-order valence-corrected chi connectivity index (χ2v) is 9.38. The largest absolute Gasteiger partial charge is 0.489 e. The van der Waals surface area contributed by atoms with Crippen LogP contribution in [0.5, 0.6) is 5.75 Å². The van der Waals surface area contributed by atoms with Gasteiger partial charge in [0.2, 0.25) is 17.7 Å². The lowest BCUT2D eigenvalue weighted by molar-refractivity contribution is -0.122. The summed E-state index contributed by atoms with van der Waals surface area (Å²) in [5, 5.41) is 10.2. The summed E-state index contributed by atoms with van der Waals surface area (Å²) in [6.07, 6.45) is 6.48. The standard InChI is InChI=1S/C28H34N4O4/c1-21(33)31-28(17-7-2-3-8-18-28)27-30-26(36-32-27)16-15-25(34)29-19-22-11-13-23(14-12-22)20-35-24-9-5-4-6-10-24/h4-6,9-14H,2-3,7-8,15-20H2,1H3,(H,29,34)(H,31,33). The van der Waals surface area contributed by atoms with E-state index in [0.29, 0.717) is 31.3 Å². The normalized spacial score (nSPS) is 15.0. The number of nitrogens with zero attached hydrogens (tertiary/aromatic N) is 2. The Labute approximate surface area is 211 Å². The minimum absolute atomic E-state index is 0.0859. The molecule has 2 N–H and O–H groups in total. The molecular weight excluding hydrogens is 456 g/mol. The first-order chi connectivity index (χ1) is 17.5. The summed E-state index contributed by atoms with van der Waals surface area (Å²) in [5.74, 6) is 1.58. The number of hydrogen-bond donors (Lipinski definition) is 2. The van der Waals surface area contributed by atoms with Gasteiger partial charge in [0, 0.05) is 26.3 Å². The van der Waals surface area contributed by atoms with Crippen LogP contribution in [0.1, 0.15) is 74.7 Å². The smallest absolute Gasteiger partial charge is 0.227 e. The van der Waals surface area contributed by atoms with Crippen LogP contribution in [0.3, 0.4) is 0 Å². The number of hydrogen-bond acceptors (Lipinski definition) is 6. The SMILES string of the molecule is CC(=O)NC1(c2noc(CCC(=O)NCc3ccc(COc4ccccc4)cc3)n2)CCCCCC1. The van der Waals surface area contributed by atoms with Crippen molar-refractivity contribution in [3.8, 4) is 5.75 Å². The highest BCUT2D eigenvalue weighted by Gasteiger charge is 2.38. The molecule has 4 rings (SSSR count). The molecular formula is C28H34N4O4. The van der Waals surface area contributed by atoms with E-state index in [2.05, 4.69) is 20.8 Å². The van der Waals surface area contributed by atoms with E-state index in [-0.39, 0.29) is 18.2 Å². The van der Waals surface area contributed by atoms with Gasteiger partial charge in [-0.15, -0.1) is 0 Å². The van der Waals surface area contributed by atoms with Gasteiger partial charge in [-0.25, -0.2) is 0 Å². The van der Waals surface area contributed by atoms with Crippen molar-refractivity contribution < 1.29 is 18.8 Å². The zero-order chi connectivity index (χ0) is 25.2. The van der Waals surface area contributed by atoms with Crippen molar-refractivity contribution in [2.75, 3.05) is 0 Å². The molecule has 1 saturated carbocycles. The van der Waals surface area contributed by atoms with Gasteiger partial charge in [0.25, 0.3) is 0 Å². The van der Waals surface area contributed by atoms with Crippen LogP contribution >= 0.6 is 0 Å². The molecule has 8 nitrogen and oxygen atoms in total. The number of amides is 2. The van der Waals surface area contributed by atoms with Crippen molar-refractivity contribution in [2.24, 2.45) is 0 Å². The fourth-order valence-electron chi connectivity index (χ4n) is 4.57. The number of rotatable bonds is 10. The second kappa shape index (κ2) is 12.3. The predicted molar refractivity (Wildman–Crippen MR) is 135 cm³/mol. The van der Waals surface area contributed by atoms with Gasteiger partial charge in [-0.2, -0.15) is 4.98 Å². The van der Waals surface area contributed by atoms with Crippen LogP contribution in [0.2, 0.25) is 0 Å². The zero-order valence-corrected chi connectivity index (χ0v) is 20.8. The topological polar surface area (TPSA) is 106 Å². The van der Waals surface area contributed by atoms with Crippen LogP contribution in [-0.4, -0.2) is 22.0 Å². The van der Waals surface area contributed by atoms with Crippen LogP contribution in [0.4, 0.5) is 0 Å². The van der Waals surface area contributed by atoms with E-state index in [1.807, 2.05) is 54.6 Å². The van der Waals surface area contributed by atoms with E-state index in [1.54, 1.807) is 0 Å². The highest BCUT2D eigenvalue weighted by molar-refractivity contribution is 5.76. The van der Waals surface area contributed by atoms with Crippen LogP contribution in [0.15, 0.2) is 59.1 Å². The van der Waals surface area contributed by atoms with E-state index >= 15 is 0 Å². The number of ether oxygens (including phenoxy) is 1. The second-order valence-electron chi connectivity index (χ2n) is 9.38. The Hall–Kier alpha value is -3.68. The van der Waals surface area contributed by atoms with E-state index in [1.165, 1.54) is 6.92 Å². The quantitative estimate of drug-likeness (QED) is 0.403. The number of carbonyl (C=O) groups is 2. The summed E-state index contributed by atoms with van der Waals surface area (Å²) in [5.41, 5.74) is 1.49. The lowest BCUT2D eigenvalue weighted by atomic mass is 9.89. The van der Waals surface area contributed by atoms with Crippen LogP contribution in [0.25, 0.3) is 0 Å². The Morgan fingerprint density at radius 1 is 0.972 bits per heavy atom. The van der Waals surface area contributed by atoms with E-state index in [0.717, 1.165) is 55.4 Å². The van der Waals surface area contributed by atoms with Gasteiger partial charge in [-0.3, -0.25) is 9.59 Å². The van der Waals surface area contributed by atoms with Crippen LogP contribution < -0.4 is 15.4 Å². The average Bonchev–Trinajstić information content (AvgIpc) is 3.26. The monoisotopic (exact) mass is 490 g/mol. The fourth-order valence-corrected chi connectivity index (χ4v) is 4.57. The summed E-state index contributed by atoms with van der Waals surface area (Å²) < 4.78 is 11.2. The van der Waals surface area contributed by atoms with Gasteiger partial charge in [0.15, 0.2) is 5.82 Å². The van der Waals surface area contributed by atoms with E-state index in [9.17, 15) is 9.59 Å². The van der Waals surface area contributed by atoms with E-state index in [4.69, 9.17) is 9.26 Å². The lowest BCUT2D eigenvalue weighted by Gasteiger charge is -2.30. The maximum Gasteiger partial charge on any atom is 0.227 e. The molecule has 0 radical (unpaired) electrons. The first kappa shape index (κ1) is 25.4. The predicted octanol–water partition coefficient (Wildman–Crippen LogP) is 4.58. The van der Waals surface area contributed by atoms with Crippen molar-refractivity contribution in [3.05, 3.63) is 77.4 Å². The summed E-state index contributed by atoms with van der Waals surface area (Å²) in [7, 11) is 0. The highest BCUT2D eigenvalue weighted by atomic mass is 16.5. The van der Waals surface area contributed by atoms with Crippen molar-refractivity contribution >= 4 is 11.8 Å². The first-order valence-electron chi connectivity index (χ1n) is 12.7. The number of carbonyl (C=O) groups excluding carboxylic acids is 2. The Balaban J connectivity index is 1.24. The molecule has 0 unspecified atom stereocenters. The molecule has 3 aromatic rings. The lowest BCUT2D eigenvalue weighted by Crippen LogP contribution is -2.45. The molecule has 0 atom stereocenters. The van der Waals surface area contributed by atoms with Gasteiger partial charge in [-0.05, 0) is 36.1 Å². The molecule has 1 aromatic heterocycles. The molecule has 0 spiro atoms. The molecule has 1 aliphatic carbocycles. The molecule has 36 heavy (non-hydrogen) atoms. The third-order valence-corrected chi connectivity index (χ3v) is 6.50. The van der Waals surface area contributed by atoms with Crippen LogP contribution in [-0.2, 0) is 34.7 Å². The molecule has 1 aliphatic rings. The molecule has 1 heterocycles. The van der Waals surface area contributed by atoms with Gasteiger partial charge in [0.05, 0.1) is 0 Å². The summed E-state index contributed by atoms with van der Waals surface area (Å²) in [4.78, 5) is 28.8. The van der Waals surface area contributed by atoms with Gasteiger partial charge >= 0.3 is 0 Å². The minimum atomic E-state index is -0.579. The molecule has 0 saturated heterocycles. The van der Waals surface area contributed by atoms with Crippen molar-refractivity contribution in [3.63, 3.8) is 0 Å². The molecule has 8 heteroatoms. The maximum atomic E-state index is 12.4. The van der Waals surface area contributed by atoms with Gasteiger partial charge in [0.1, 0.15) is 17.9 Å². The van der Waals surface area contributed by atoms with Crippen molar-refractivity contribution in [2.45, 2.75) is 77.0 Å². The van der Waals surface area contributed by atoms with Crippen LogP contribution in [0, 0.1) is 0 Å². The molecule has 2 aromatic carbocycles. The highest BCUT2D eigenvalue weighted by Crippen LogP contribution is 2.34. The van der Waals surface area contributed by atoms with Crippen molar-refractivity contribution in [1.82, 2.24) is 20.8 Å². The van der Waals surface area contributed by atoms with Gasteiger partial charge < -0.3 is 19.9 Å². The van der Waals surface area contributed by atoms with Gasteiger partial charge in [-0.1, -0.05) is 73.3 Å². The average molecular weight is 491 g/mol. The third kappa shape index (κ3) is 7.16. The van der Waals surface area contributed by atoms with E-state index < -0.39 is 5.54 Å². The molecule has 0 aliphatic heterocycles. The molecule has 190 valence electrons. The number of nitrogens with one attached hydrogen (secondary N) is 2.